The molecule has 0 bridgehead atoms. The van der Waals surface area contributed by atoms with Crippen molar-refractivity contribution in [2.75, 3.05) is 0 Å². The quantitative estimate of drug-likeness (QED) is 0.508. The first kappa shape index (κ1) is 8.34. The average molecular weight is 225 g/mol. The van der Waals surface area contributed by atoms with Gasteiger partial charge in [-0.1, -0.05) is 0 Å². The van der Waals surface area contributed by atoms with Gasteiger partial charge in [-0.3, -0.25) is 0 Å². The van der Waals surface area contributed by atoms with Crippen LogP contribution in [0.15, 0.2) is 23.2 Å². The van der Waals surface area contributed by atoms with Gasteiger partial charge in [0, 0.05) is 0 Å². The fourth-order valence-corrected chi connectivity index (χ4v) is 3.98. The third-order valence-electron chi connectivity index (χ3n) is 2.73. The number of aryl methyl sites for hydroxylation is 1. The van der Waals surface area contributed by atoms with Crippen molar-refractivity contribution in [3.05, 3.63) is 33.2 Å². The standard InChI is InChI=1S/C11H14Se/c1-8(2)10-4-3-9-5-6-12-11(9)7-10/h5-6,10H,1,3-4,7H2,2H3. The van der Waals surface area contributed by atoms with E-state index >= 15 is 0 Å². The van der Waals surface area contributed by atoms with Crippen LogP contribution in [-0.4, -0.2) is 14.5 Å². The zero-order valence-corrected chi connectivity index (χ0v) is 9.18. The maximum absolute atomic E-state index is 4.06. The molecule has 0 fully saturated rings. The minimum atomic E-state index is 0.684. The van der Waals surface area contributed by atoms with Crippen molar-refractivity contribution in [3.63, 3.8) is 0 Å². The van der Waals surface area contributed by atoms with E-state index in [4.69, 9.17) is 0 Å². The van der Waals surface area contributed by atoms with E-state index in [1.165, 1.54) is 24.8 Å². The van der Waals surface area contributed by atoms with Gasteiger partial charge in [0.05, 0.1) is 0 Å². The summed E-state index contributed by atoms with van der Waals surface area (Å²) in [6.07, 6.45) is 3.93. The van der Waals surface area contributed by atoms with Crippen LogP contribution in [0.4, 0.5) is 0 Å². The molecule has 12 heavy (non-hydrogen) atoms. The topological polar surface area (TPSA) is 0 Å². The Balaban J connectivity index is 2.20. The number of fused-ring (bicyclic) bond motifs is 1. The Kier molecular flexibility index (Phi) is 2.25. The second-order valence-electron chi connectivity index (χ2n) is 3.66. The molecule has 0 amide bonds. The predicted molar refractivity (Wildman–Crippen MR) is 53.7 cm³/mol. The van der Waals surface area contributed by atoms with Crippen LogP contribution in [0.2, 0.25) is 0 Å². The number of rotatable bonds is 1. The Bertz CT molecular complexity index is 296. The van der Waals surface area contributed by atoms with E-state index in [-0.39, 0.29) is 0 Å². The molecule has 64 valence electrons. The molecule has 1 heteroatoms. The molecule has 0 spiro atoms. The van der Waals surface area contributed by atoms with Crippen LogP contribution in [0, 0.1) is 5.92 Å². The third-order valence-corrected chi connectivity index (χ3v) is 4.80. The molecule has 1 heterocycles. The van der Waals surface area contributed by atoms with E-state index < -0.39 is 0 Å². The Morgan fingerprint density at radius 1 is 1.67 bits per heavy atom. The zero-order valence-electron chi connectivity index (χ0n) is 7.47. The molecule has 1 aromatic heterocycles. The van der Waals surface area contributed by atoms with Crippen molar-refractivity contribution in [1.29, 1.82) is 0 Å². The van der Waals surface area contributed by atoms with Gasteiger partial charge < -0.3 is 0 Å². The van der Waals surface area contributed by atoms with Crippen molar-refractivity contribution < 1.29 is 0 Å². The Hall–Kier alpha value is -0.261. The molecule has 1 unspecified atom stereocenters. The van der Waals surface area contributed by atoms with Crippen molar-refractivity contribution in [2.24, 2.45) is 5.92 Å². The summed E-state index contributed by atoms with van der Waals surface area (Å²) in [5.41, 5.74) is 3.02. The summed E-state index contributed by atoms with van der Waals surface area (Å²) in [6, 6.07) is 2.34. The van der Waals surface area contributed by atoms with Crippen LogP contribution >= 0.6 is 0 Å². The van der Waals surface area contributed by atoms with Crippen LogP contribution < -0.4 is 0 Å². The predicted octanol–water partition coefficient (Wildman–Crippen LogP) is 2.42. The van der Waals surface area contributed by atoms with Crippen LogP contribution in [0.3, 0.4) is 0 Å². The summed E-state index contributed by atoms with van der Waals surface area (Å²) >= 11 is 0.684. The van der Waals surface area contributed by atoms with E-state index in [0.717, 1.165) is 5.92 Å². The van der Waals surface area contributed by atoms with Crippen molar-refractivity contribution in [2.45, 2.75) is 26.2 Å². The molecule has 1 aliphatic rings. The van der Waals surface area contributed by atoms with Crippen LogP contribution in [-0.2, 0) is 12.8 Å². The van der Waals surface area contributed by atoms with Crippen molar-refractivity contribution in [1.82, 2.24) is 0 Å². The van der Waals surface area contributed by atoms with Gasteiger partial charge in [-0.2, -0.15) is 0 Å². The van der Waals surface area contributed by atoms with Gasteiger partial charge >= 0.3 is 79.8 Å². The molecule has 0 radical (unpaired) electrons. The Morgan fingerprint density at radius 2 is 2.50 bits per heavy atom. The second-order valence-corrected chi connectivity index (χ2v) is 5.75. The molecule has 2 rings (SSSR count). The molecule has 1 atom stereocenters. The monoisotopic (exact) mass is 226 g/mol. The molecule has 0 saturated heterocycles. The minimum absolute atomic E-state index is 0.684. The fraction of sp³-hybridized carbons (Fsp3) is 0.455. The van der Waals surface area contributed by atoms with E-state index in [9.17, 15) is 0 Å². The molecule has 0 nitrogen and oxygen atoms in total. The summed E-state index contributed by atoms with van der Waals surface area (Å²) in [5, 5.41) is 0. The second kappa shape index (κ2) is 3.24. The summed E-state index contributed by atoms with van der Waals surface area (Å²) in [7, 11) is 0. The molecule has 0 N–H and O–H groups in total. The first-order valence-electron chi connectivity index (χ1n) is 4.48. The summed E-state index contributed by atoms with van der Waals surface area (Å²) in [4.78, 5) is 2.36. The number of hydrogen-bond donors (Lipinski definition) is 0. The Labute approximate surface area is 80.0 Å². The molecule has 1 aliphatic carbocycles. The van der Waals surface area contributed by atoms with Crippen LogP contribution in [0.1, 0.15) is 23.3 Å². The third kappa shape index (κ3) is 1.44. The summed E-state index contributed by atoms with van der Waals surface area (Å²) in [6.45, 7) is 6.23. The number of hydrogen-bond acceptors (Lipinski definition) is 0. The van der Waals surface area contributed by atoms with Gasteiger partial charge in [-0.15, -0.1) is 0 Å². The summed E-state index contributed by atoms with van der Waals surface area (Å²) < 4.78 is 1.74. The normalized spacial score (nSPS) is 21.9. The molecular weight excluding hydrogens is 211 g/mol. The molecule has 0 aliphatic heterocycles. The van der Waals surface area contributed by atoms with Gasteiger partial charge in [-0.25, -0.2) is 0 Å². The summed E-state index contributed by atoms with van der Waals surface area (Å²) in [5.74, 6) is 0.783. The van der Waals surface area contributed by atoms with Crippen molar-refractivity contribution in [3.8, 4) is 0 Å². The maximum atomic E-state index is 4.06. The fourth-order valence-electron chi connectivity index (χ4n) is 1.85. The SMILES string of the molecule is C=C(C)C1CCc2cc[se]c2C1. The first-order valence-corrected chi connectivity index (χ1v) is 6.32. The average Bonchev–Trinajstić information content (AvgIpc) is 2.49. The van der Waals surface area contributed by atoms with E-state index in [1.807, 2.05) is 0 Å². The zero-order chi connectivity index (χ0) is 8.55. The van der Waals surface area contributed by atoms with Gasteiger partial charge in [0.1, 0.15) is 0 Å². The van der Waals surface area contributed by atoms with E-state index in [2.05, 4.69) is 24.5 Å². The molecule has 0 aromatic carbocycles. The van der Waals surface area contributed by atoms with Crippen molar-refractivity contribution >= 4 is 14.5 Å². The van der Waals surface area contributed by atoms with E-state index in [1.54, 1.807) is 10.0 Å². The molecule has 0 saturated carbocycles. The Morgan fingerprint density at radius 3 is 3.25 bits per heavy atom. The van der Waals surface area contributed by atoms with Gasteiger partial charge in [0.15, 0.2) is 0 Å². The van der Waals surface area contributed by atoms with Crippen LogP contribution in [0.5, 0.6) is 0 Å². The molecular formula is C11H14Se. The van der Waals surface area contributed by atoms with Gasteiger partial charge in [0.25, 0.3) is 0 Å². The number of allylic oxidation sites excluding steroid dienone is 1. The first-order chi connectivity index (χ1) is 5.77. The van der Waals surface area contributed by atoms with E-state index in [0.29, 0.717) is 14.5 Å². The van der Waals surface area contributed by atoms with Gasteiger partial charge in [-0.05, 0) is 0 Å². The van der Waals surface area contributed by atoms with Crippen LogP contribution in [0.25, 0.3) is 0 Å². The molecule has 1 aromatic rings. The van der Waals surface area contributed by atoms with Gasteiger partial charge in [0.2, 0.25) is 0 Å².